The Bertz CT molecular complexity index is 598. The zero-order chi connectivity index (χ0) is 17.7. The molecule has 1 aromatic rings. The molecular weight excluding hydrogens is 328 g/mol. The number of likely N-dealkylation sites (tertiary alicyclic amines) is 1. The lowest BCUT2D eigenvalue weighted by Gasteiger charge is -2.33. The van der Waals surface area contributed by atoms with Gasteiger partial charge in [0.2, 0.25) is 5.91 Å². The minimum absolute atomic E-state index is 0.0387. The van der Waals surface area contributed by atoms with Crippen LogP contribution in [0.2, 0.25) is 5.02 Å². The molecule has 2 rings (SSSR count). The van der Waals surface area contributed by atoms with Gasteiger partial charge in [-0.2, -0.15) is 0 Å². The Morgan fingerprint density at radius 1 is 1.38 bits per heavy atom. The molecule has 0 radical (unpaired) electrons. The summed E-state index contributed by atoms with van der Waals surface area (Å²) < 4.78 is 5.39. The number of hydrogen-bond donors (Lipinski definition) is 1. The summed E-state index contributed by atoms with van der Waals surface area (Å²) in [4.78, 5) is 26.2. The smallest absolute Gasteiger partial charge is 0.410 e. The summed E-state index contributed by atoms with van der Waals surface area (Å²) in [5, 5.41) is 3.58. The largest absolute Gasteiger partial charge is 0.444 e. The van der Waals surface area contributed by atoms with Crippen LogP contribution in [0.4, 0.5) is 4.79 Å². The maximum absolute atomic E-state index is 12.4. The number of ether oxygens (including phenoxy) is 1. The Kier molecular flexibility index (Phi) is 6.10. The molecule has 1 aliphatic heterocycles. The van der Waals surface area contributed by atoms with Crippen molar-refractivity contribution in [1.29, 1.82) is 0 Å². The molecular formula is C18H25ClN2O3. The second-order valence-electron chi connectivity index (χ2n) is 7.11. The van der Waals surface area contributed by atoms with Crippen molar-refractivity contribution in [3.8, 4) is 0 Å². The van der Waals surface area contributed by atoms with E-state index < -0.39 is 5.60 Å². The maximum atomic E-state index is 12.4. The minimum atomic E-state index is -0.529. The van der Waals surface area contributed by atoms with Gasteiger partial charge in [-0.05, 0) is 51.3 Å². The Labute approximate surface area is 148 Å². The van der Waals surface area contributed by atoms with Gasteiger partial charge in [-0.1, -0.05) is 23.7 Å². The van der Waals surface area contributed by atoms with Crippen LogP contribution in [0.1, 0.15) is 39.2 Å². The van der Waals surface area contributed by atoms with E-state index in [9.17, 15) is 9.59 Å². The van der Waals surface area contributed by atoms with E-state index >= 15 is 0 Å². The van der Waals surface area contributed by atoms with Crippen LogP contribution < -0.4 is 5.32 Å². The number of benzene rings is 1. The molecule has 0 aromatic heterocycles. The van der Waals surface area contributed by atoms with Crippen molar-refractivity contribution in [2.24, 2.45) is 5.92 Å². The average molecular weight is 353 g/mol. The van der Waals surface area contributed by atoms with E-state index in [0.29, 0.717) is 24.7 Å². The zero-order valence-corrected chi connectivity index (χ0v) is 15.2. The molecule has 0 bridgehead atoms. The number of piperidine rings is 1. The third-order valence-electron chi connectivity index (χ3n) is 3.80. The monoisotopic (exact) mass is 352 g/mol. The molecule has 1 N–H and O–H groups in total. The minimum Gasteiger partial charge on any atom is -0.444 e. The van der Waals surface area contributed by atoms with Crippen LogP contribution in [0, 0.1) is 5.92 Å². The van der Waals surface area contributed by atoms with Gasteiger partial charge in [-0.15, -0.1) is 0 Å². The van der Waals surface area contributed by atoms with E-state index in [1.165, 1.54) is 0 Å². The molecule has 1 unspecified atom stereocenters. The van der Waals surface area contributed by atoms with Crippen molar-refractivity contribution < 1.29 is 14.3 Å². The Balaban J connectivity index is 1.87. The molecule has 1 fully saturated rings. The third kappa shape index (κ3) is 5.71. The Morgan fingerprint density at radius 3 is 2.79 bits per heavy atom. The molecule has 1 aromatic carbocycles. The van der Waals surface area contributed by atoms with Gasteiger partial charge >= 0.3 is 6.09 Å². The standard InChI is InChI=1S/C18H25ClN2O3/c1-18(2,3)24-17(23)21-9-5-7-14(12-21)16(22)20-11-13-6-4-8-15(19)10-13/h4,6,8,10,14H,5,7,9,11-12H2,1-3H3,(H,20,22). The van der Waals surface area contributed by atoms with Gasteiger partial charge in [0.15, 0.2) is 0 Å². The first-order valence-electron chi connectivity index (χ1n) is 8.25. The highest BCUT2D eigenvalue weighted by atomic mass is 35.5. The second kappa shape index (κ2) is 7.88. The number of halogens is 1. The average Bonchev–Trinajstić information content (AvgIpc) is 2.51. The molecule has 0 aliphatic carbocycles. The van der Waals surface area contributed by atoms with Gasteiger partial charge in [0.1, 0.15) is 5.60 Å². The molecule has 24 heavy (non-hydrogen) atoms. The SMILES string of the molecule is CC(C)(C)OC(=O)N1CCCC(C(=O)NCc2cccc(Cl)c2)C1. The van der Waals surface area contributed by atoms with Gasteiger partial charge in [-0.25, -0.2) is 4.79 Å². The van der Waals surface area contributed by atoms with E-state index in [4.69, 9.17) is 16.3 Å². The van der Waals surface area contributed by atoms with Crippen molar-refractivity contribution in [3.05, 3.63) is 34.9 Å². The lowest BCUT2D eigenvalue weighted by atomic mass is 9.97. The molecule has 0 spiro atoms. The van der Waals surface area contributed by atoms with Crippen LogP contribution in [0.3, 0.4) is 0 Å². The predicted molar refractivity (Wildman–Crippen MR) is 93.8 cm³/mol. The van der Waals surface area contributed by atoms with Crippen LogP contribution in [0.15, 0.2) is 24.3 Å². The highest BCUT2D eigenvalue weighted by molar-refractivity contribution is 6.30. The summed E-state index contributed by atoms with van der Waals surface area (Å²) in [5.41, 5.74) is 0.425. The molecule has 0 saturated carbocycles. The fraction of sp³-hybridized carbons (Fsp3) is 0.556. The lowest BCUT2D eigenvalue weighted by molar-refractivity contribution is -0.126. The maximum Gasteiger partial charge on any atom is 0.410 e. The van der Waals surface area contributed by atoms with E-state index in [0.717, 1.165) is 18.4 Å². The number of amides is 2. The number of nitrogens with one attached hydrogen (secondary N) is 1. The summed E-state index contributed by atoms with van der Waals surface area (Å²) in [6.45, 7) is 6.98. The van der Waals surface area contributed by atoms with Gasteiger partial charge in [-0.3, -0.25) is 4.79 Å². The normalized spacial score (nSPS) is 18.2. The first-order chi connectivity index (χ1) is 11.2. The fourth-order valence-electron chi connectivity index (χ4n) is 2.66. The van der Waals surface area contributed by atoms with Crippen molar-refractivity contribution in [3.63, 3.8) is 0 Å². The second-order valence-corrected chi connectivity index (χ2v) is 7.55. The summed E-state index contributed by atoms with van der Waals surface area (Å²) in [5.74, 6) is -0.242. The van der Waals surface area contributed by atoms with E-state index in [1.54, 1.807) is 11.0 Å². The summed E-state index contributed by atoms with van der Waals surface area (Å²) >= 11 is 5.94. The van der Waals surface area contributed by atoms with Crippen molar-refractivity contribution >= 4 is 23.6 Å². The van der Waals surface area contributed by atoms with E-state index in [1.807, 2.05) is 39.0 Å². The quantitative estimate of drug-likeness (QED) is 0.904. The third-order valence-corrected chi connectivity index (χ3v) is 4.03. The highest BCUT2D eigenvalue weighted by Gasteiger charge is 2.30. The Hall–Kier alpha value is -1.75. The predicted octanol–water partition coefficient (Wildman–Crippen LogP) is 3.60. The summed E-state index contributed by atoms with van der Waals surface area (Å²) in [7, 11) is 0. The fourth-order valence-corrected chi connectivity index (χ4v) is 2.88. The summed E-state index contributed by atoms with van der Waals surface area (Å²) in [6, 6.07) is 7.40. The van der Waals surface area contributed by atoms with Crippen LogP contribution in [0.5, 0.6) is 0 Å². The van der Waals surface area contributed by atoms with Crippen LogP contribution in [0.25, 0.3) is 0 Å². The Morgan fingerprint density at radius 2 is 2.12 bits per heavy atom. The molecule has 5 nitrogen and oxygen atoms in total. The number of rotatable bonds is 3. The van der Waals surface area contributed by atoms with Gasteiger partial charge in [0.05, 0.1) is 5.92 Å². The topological polar surface area (TPSA) is 58.6 Å². The number of nitrogens with zero attached hydrogens (tertiary/aromatic N) is 1. The molecule has 2 amide bonds. The molecule has 1 aliphatic rings. The van der Waals surface area contributed by atoms with Gasteiger partial charge in [0, 0.05) is 24.7 Å². The number of carbonyl (C=O) groups excluding carboxylic acids is 2. The number of carbonyl (C=O) groups is 2. The number of hydrogen-bond acceptors (Lipinski definition) is 3. The molecule has 132 valence electrons. The van der Waals surface area contributed by atoms with Crippen molar-refractivity contribution in [2.45, 2.75) is 45.8 Å². The molecule has 1 saturated heterocycles. The van der Waals surface area contributed by atoms with E-state index in [-0.39, 0.29) is 17.9 Å². The van der Waals surface area contributed by atoms with Crippen LogP contribution >= 0.6 is 11.6 Å². The van der Waals surface area contributed by atoms with Gasteiger partial charge in [0.25, 0.3) is 0 Å². The molecule has 1 heterocycles. The van der Waals surface area contributed by atoms with Gasteiger partial charge < -0.3 is 15.0 Å². The first-order valence-corrected chi connectivity index (χ1v) is 8.62. The van der Waals surface area contributed by atoms with Crippen molar-refractivity contribution in [1.82, 2.24) is 10.2 Å². The van der Waals surface area contributed by atoms with Crippen LogP contribution in [-0.2, 0) is 16.1 Å². The lowest BCUT2D eigenvalue weighted by Crippen LogP contribution is -2.46. The zero-order valence-electron chi connectivity index (χ0n) is 14.5. The van der Waals surface area contributed by atoms with Crippen LogP contribution in [-0.4, -0.2) is 35.6 Å². The first kappa shape index (κ1) is 18.6. The summed E-state index contributed by atoms with van der Waals surface area (Å²) in [6.07, 6.45) is 1.23. The molecule has 1 atom stereocenters. The van der Waals surface area contributed by atoms with Crippen molar-refractivity contribution in [2.75, 3.05) is 13.1 Å². The molecule has 6 heteroatoms. The van der Waals surface area contributed by atoms with E-state index in [2.05, 4.69) is 5.32 Å². The highest BCUT2D eigenvalue weighted by Crippen LogP contribution is 2.20.